The maximum absolute atomic E-state index is 11.5. The molecule has 0 spiro atoms. The molecule has 66 valence electrons. The molecular formula is C5H12NO4P. The molecule has 1 rings (SSSR count). The summed E-state index contributed by atoms with van der Waals surface area (Å²) in [6.45, 7) is 0.665. The van der Waals surface area contributed by atoms with Gasteiger partial charge >= 0.3 is 7.75 Å². The molecule has 1 fully saturated rings. The fourth-order valence-corrected chi connectivity index (χ4v) is 2.56. The molecule has 6 heteroatoms. The summed E-state index contributed by atoms with van der Waals surface area (Å²) in [6.07, 6.45) is 0.792. The van der Waals surface area contributed by atoms with E-state index in [1.807, 2.05) is 0 Å². The van der Waals surface area contributed by atoms with Crippen molar-refractivity contribution in [3.8, 4) is 0 Å². The Kier molecular flexibility index (Phi) is 2.37. The summed E-state index contributed by atoms with van der Waals surface area (Å²) in [5.41, 5.74) is 0. The van der Waals surface area contributed by atoms with Crippen LogP contribution in [0.2, 0.25) is 0 Å². The molecule has 1 aliphatic heterocycles. The summed E-state index contributed by atoms with van der Waals surface area (Å²) >= 11 is 0. The Bertz CT molecular complexity index is 183. The van der Waals surface area contributed by atoms with Crippen LogP contribution >= 0.6 is 7.75 Å². The first-order valence-corrected chi connectivity index (χ1v) is 4.87. The standard InChI is InChI=1S/C5H12NO4P/c1-9-11(8,10-2)6(7)4-3-5-6/h3-5H2,1-2H3. The molecule has 11 heavy (non-hydrogen) atoms. The van der Waals surface area contributed by atoms with E-state index in [-0.39, 0.29) is 0 Å². The van der Waals surface area contributed by atoms with Crippen LogP contribution in [0.3, 0.4) is 0 Å². The number of nitrogens with zero attached hydrogens (tertiary/aromatic N) is 1. The first-order chi connectivity index (χ1) is 5.08. The predicted molar refractivity (Wildman–Crippen MR) is 39.6 cm³/mol. The Labute approximate surface area is 65.7 Å². The van der Waals surface area contributed by atoms with Gasteiger partial charge in [0.25, 0.3) is 0 Å². The van der Waals surface area contributed by atoms with E-state index in [2.05, 4.69) is 9.05 Å². The summed E-state index contributed by atoms with van der Waals surface area (Å²) in [5.74, 6) is 0. The van der Waals surface area contributed by atoms with Crippen molar-refractivity contribution >= 4 is 7.75 Å². The van der Waals surface area contributed by atoms with E-state index in [0.29, 0.717) is 13.1 Å². The zero-order chi connectivity index (χ0) is 8.54. The van der Waals surface area contributed by atoms with Gasteiger partial charge in [0.05, 0.1) is 27.3 Å². The Morgan fingerprint density at radius 3 is 1.91 bits per heavy atom. The molecule has 0 saturated carbocycles. The van der Waals surface area contributed by atoms with Crippen molar-refractivity contribution in [2.24, 2.45) is 0 Å². The molecule has 0 aromatic carbocycles. The van der Waals surface area contributed by atoms with Gasteiger partial charge in [-0.2, -0.15) is 0 Å². The second kappa shape index (κ2) is 2.84. The normalized spacial score (nSPS) is 22.8. The zero-order valence-corrected chi connectivity index (χ0v) is 7.54. The fourth-order valence-electron chi connectivity index (χ4n) is 1.05. The van der Waals surface area contributed by atoms with Crippen LogP contribution in [-0.4, -0.2) is 31.7 Å². The lowest BCUT2D eigenvalue weighted by Gasteiger charge is -2.50. The van der Waals surface area contributed by atoms with Gasteiger partial charge in [0.15, 0.2) is 0 Å². The van der Waals surface area contributed by atoms with Gasteiger partial charge in [-0.05, 0) is 0 Å². The van der Waals surface area contributed by atoms with E-state index in [0.717, 1.165) is 6.42 Å². The predicted octanol–water partition coefficient (Wildman–Crippen LogP) is 1.11. The highest BCUT2D eigenvalue weighted by atomic mass is 31.2. The van der Waals surface area contributed by atoms with Crippen LogP contribution in [0.4, 0.5) is 0 Å². The molecule has 0 aromatic heterocycles. The van der Waals surface area contributed by atoms with Crippen molar-refractivity contribution in [1.29, 1.82) is 0 Å². The molecule has 1 aliphatic rings. The molecule has 0 bridgehead atoms. The van der Waals surface area contributed by atoms with Crippen molar-refractivity contribution in [2.75, 3.05) is 27.3 Å². The Morgan fingerprint density at radius 1 is 1.36 bits per heavy atom. The van der Waals surface area contributed by atoms with Gasteiger partial charge in [0, 0.05) is 6.42 Å². The average molecular weight is 181 g/mol. The Morgan fingerprint density at radius 2 is 1.82 bits per heavy atom. The first-order valence-electron chi connectivity index (χ1n) is 3.38. The molecular weight excluding hydrogens is 169 g/mol. The van der Waals surface area contributed by atoms with Crippen LogP contribution < -0.4 is 0 Å². The monoisotopic (exact) mass is 181 g/mol. The van der Waals surface area contributed by atoms with Crippen molar-refractivity contribution in [3.63, 3.8) is 0 Å². The van der Waals surface area contributed by atoms with E-state index >= 15 is 0 Å². The fraction of sp³-hybridized carbons (Fsp3) is 1.00. The zero-order valence-electron chi connectivity index (χ0n) is 6.65. The minimum absolute atomic E-state index is 0.332. The SMILES string of the molecule is COP(=O)(OC)[N+]1([O-])CCC1. The van der Waals surface area contributed by atoms with Gasteiger partial charge in [0.1, 0.15) is 0 Å². The Balaban J connectivity index is 2.76. The van der Waals surface area contributed by atoms with Gasteiger partial charge in [-0.3, -0.25) is 13.5 Å². The molecule has 0 atom stereocenters. The third-order valence-electron chi connectivity index (χ3n) is 1.92. The van der Waals surface area contributed by atoms with Crippen LogP contribution in [0.15, 0.2) is 0 Å². The van der Waals surface area contributed by atoms with Crippen LogP contribution in [0.5, 0.6) is 0 Å². The average Bonchev–Trinajstić information content (AvgIpc) is 1.98. The lowest BCUT2D eigenvalue weighted by Crippen LogP contribution is -2.50. The summed E-state index contributed by atoms with van der Waals surface area (Å²) < 4.78 is 19.8. The van der Waals surface area contributed by atoms with E-state index < -0.39 is 12.2 Å². The third kappa shape index (κ3) is 1.23. The summed E-state index contributed by atoms with van der Waals surface area (Å²) in [4.78, 5) is 0. The minimum Gasteiger partial charge on any atom is -0.626 e. The van der Waals surface area contributed by atoms with E-state index in [9.17, 15) is 9.77 Å². The van der Waals surface area contributed by atoms with Gasteiger partial charge in [-0.15, -0.1) is 0 Å². The molecule has 0 N–H and O–H groups in total. The van der Waals surface area contributed by atoms with Gasteiger partial charge in [-0.25, -0.2) is 4.57 Å². The lowest BCUT2D eigenvalue weighted by molar-refractivity contribution is -0.814. The number of hydrogen-bond acceptors (Lipinski definition) is 4. The number of quaternary nitrogens is 1. The van der Waals surface area contributed by atoms with Crippen molar-refractivity contribution in [3.05, 3.63) is 5.21 Å². The highest BCUT2D eigenvalue weighted by Crippen LogP contribution is 2.59. The van der Waals surface area contributed by atoms with Gasteiger partial charge in [-0.1, -0.05) is 0 Å². The van der Waals surface area contributed by atoms with Gasteiger partial charge in [0.2, 0.25) is 0 Å². The smallest absolute Gasteiger partial charge is 0.531 e. The van der Waals surface area contributed by atoms with Crippen molar-refractivity contribution in [2.45, 2.75) is 6.42 Å². The number of rotatable bonds is 3. The summed E-state index contributed by atoms with van der Waals surface area (Å²) in [6, 6.07) is 0. The number of hydrogen-bond donors (Lipinski definition) is 0. The highest BCUT2D eigenvalue weighted by molar-refractivity contribution is 7.47. The van der Waals surface area contributed by atoms with Crippen molar-refractivity contribution < 1.29 is 18.0 Å². The maximum atomic E-state index is 11.5. The highest BCUT2D eigenvalue weighted by Gasteiger charge is 2.47. The summed E-state index contributed by atoms with van der Waals surface area (Å²) in [5, 5.41) is 11.5. The van der Waals surface area contributed by atoms with Crippen LogP contribution in [0.1, 0.15) is 6.42 Å². The van der Waals surface area contributed by atoms with Crippen LogP contribution in [0, 0.1) is 5.21 Å². The van der Waals surface area contributed by atoms with E-state index in [4.69, 9.17) is 0 Å². The molecule has 0 aliphatic carbocycles. The van der Waals surface area contributed by atoms with Crippen molar-refractivity contribution in [1.82, 2.24) is 0 Å². The maximum Gasteiger partial charge on any atom is 0.531 e. The molecule has 1 heterocycles. The first kappa shape index (κ1) is 9.16. The molecule has 1 saturated heterocycles. The van der Waals surface area contributed by atoms with E-state index in [1.54, 1.807) is 0 Å². The molecule has 0 unspecified atom stereocenters. The number of hydroxylamine groups is 2. The second-order valence-electron chi connectivity index (χ2n) is 2.48. The quantitative estimate of drug-likeness (QED) is 0.483. The third-order valence-corrected chi connectivity index (χ3v) is 4.14. The van der Waals surface area contributed by atoms with Crippen LogP contribution in [-0.2, 0) is 13.6 Å². The molecule has 0 radical (unpaired) electrons. The Hall–Kier alpha value is 0.0700. The summed E-state index contributed by atoms with van der Waals surface area (Å²) in [7, 11) is -0.942. The van der Waals surface area contributed by atoms with E-state index in [1.165, 1.54) is 14.2 Å². The minimum atomic E-state index is -3.42. The largest absolute Gasteiger partial charge is 0.626 e. The molecule has 5 nitrogen and oxygen atoms in total. The topological polar surface area (TPSA) is 58.6 Å². The molecule has 0 amide bonds. The van der Waals surface area contributed by atoms with Gasteiger partial charge < -0.3 is 5.21 Å². The molecule has 0 aromatic rings. The van der Waals surface area contributed by atoms with Crippen LogP contribution in [0.25, 0.3) is 0 Å². The lowest BCUT2D eigenvalue weighted by atomic mass is 10.3. The second-order valence-corrected chi connectivity index (χ2v) is 4.88.